The molecule has 1 aromatic carbocycles. The first-order valence-corrected chi connectivity index (χ1v) is 7.27. The summed E-state index contributed by atoms with van der Waals surface area (Å²) in [5, 5.41) is 7.43. The summed E-state index contributed by atoms with van der Waals surface area (Å²) in [5.41, 5.74) is 6.98. The van der Waals surface area contributed by atoms with Crippen LogP contribution in [0.2, 0.25) is 0 Å². The quantitative estimate of drug-likeness (QED) is 0.808. The van der Waals surface area contributed by atoms with Gasteiger partial charge in [-0.2, -0.15) is 0 Å². The van der Waals surface area contributed by atoms with E-state index in [1.807, 2.05) is 13.8 Å². The van der Waals surface area contributed by atoms with E-state index >= 15 is 0 Å². The van der Waals surface area contributed by atoms with Gasteiger partial charge in [0, 0.05) is 22.7 Å². The van der Waals surface area contributed by atoms with Crippen LogP contribution in [0.1, 0.15) is 24.3 Å². The molecular weight excluding hydrogens is 288 g/mol. The van der Waals surface area contributed by atoms with Gasteiger partial charge in [-0.3, -0.25) is 9.59 Å². The Labute approximate surface area is 126 Å². The largest absolute Gasteiger partial charge is 0.375 e. The van der Waals surface area contributed by atoms with E-state index in [1.165, 1.54) is 11.3 Å². The van der Waals surface area contributed by atoms with E-state index < -0.39 is 0 Å². The summed E-state index contributed by atoms with van der Waals surface area (Å²) in [6, 6.07) is 6.93. The molecule has 6 nitrogen and oxygen atoms in total. The molecule has 0 spiro atoms. The molecule has 2 aromatic rings. The van der Waals surface area contributed by atoms with Crippen molar-refractivity contribution in [3.05, 3.63) is 35.3 Å². The molecule has 2 rings (SSSR count). The van der Waals surface area contributed by atoms with E-state index in [4.69, 9.17) is 5.73 Å². The molecule has 0 aliphatic heterocycles. The number of rotatable bonds is 4. The molecule has 0 aliphatic carbocycles. The molecule has 1 heterocycles. The number of nitrogens with zero attached hydrogens (tertiary/aromatic N) is 1. The molecule has 0 bridgehead atoms. The van der Waals surface area contributed by atoms with Crippen molar-refractivity contribution < 1.29 is 9.59 Å². The Bertz CT molecular complexity index is 666. The molecule has 2 amide bonds. The van der Waals surface area contributed by atoms with Crippen molar-refractivity contribution in [2.45, 2.75) is 13.8 Å². The SMILES string of the molecule is CC(C)C(=O)Nc1cccc(NC(=O)c2csc(N)n2)c1. The number of nitrogens with two attached hydrogens (primary N) is 1. The molecular formula is C14H16N4O2S. The number of benzene rings is 1. The van der Waals surface area contributed by atoms with Crippen LogP contribution in [0.3, 0.4) is 0 Å². The molecule has 7 heteroatoms. The zero-order valence-corrected chi connectivity index (χ0v) is 12.5. The Morgan fingerprint density at radius 2 is 1.90 bits per heavy atom. The van der Waals surface area contributed by atoms with Crippen molar-refractivity contribution in [2.24, 2.45) is 5.92 Å². The average molecular weight is 304 g/mol. The molecule has 0 fully saturated rings. The van der Waals surface area contributed by atoms with Crippen molar-refractivity contribution in [1.82, 2.24) is 4.98 Å². The first kappa shape index (κ1) is 15.0. The van der Waals surface area contributed by atoms with Gasteiger partial charge >= 0.3 is 0 Å². The molecule has 4 N–H and O–H groups in total. The van der Waals surface area contributed by atoms with Gasteiger partial charge < -0.3 is 16.4 Å². The normalized spacial score (nSPS) is 10.4. The van der Waals surface area contributed by atoms with E-state index in [9.17, 15) is 9.59 Å². The van der Waals surface area contributed by atoms with E-state index in [0.29, 0.717) is 16.5 Å². The summed E-state index contributed by atoms with van der Waals surface area (Å²) >= 11 is 1.21. The predicted molar refractivity (Wildman–Crippen MR) is 84.4 cm³/mol. The lowest BCUT2D eigenvalue weighted by Crippen LogP contribution is -2.18. The number of anilines is 3. The Morgan fingerprint density at radius 3 is 2.48 bits per heavy atom. The van der Waals surface area contributed by atoms with Gasteiger partial charge in [0.1, 0.15) is 5.69 Å². The summed E-state index contributed by atoms with van der Waals surface area (Å²) < 4.78 is 0. The summed E-state index contributed by atoms with van der Waals surface area (Å²) in [6.07, 6.45) is 0. The maximum atomic E-state index is 12.0. The molecule has 0 saturated heterocycles. The second-order valence-electron chi connectivity index (χ2n) is 4.75. The van der Waals surface area contributed by atoms with Crippen molar-refractivity contribution in [3.63, 3.8) is 0 Å². The Balaban J connectivity index is 2.07. The minimum Gasteiger partial charge on any atom is -0.375 e. The zero-order valence-electron chi connectivity index (χ0n) is 11.7. The van der Waals surface area contributed by atoms with Gasteiger partial charge in [-0.05, 0) is 18.2 Å². The number of hydrogen-bond donors (Lipinski definition) is 3. The lowest BCUT2D eigenvalue weighted by molar-refractivity contribution is -0.118. The van der Waals surface area contributed by atoms with Gasteiger partial charge in [0.05, 0.1) is 0 Å². The third-order valence-corrected chi connectivity index (χ3v) is 3.34. The van der Waals surface area contributed by atoms with Crippen LogP contribution < -0.4 is 16.4 Å². The maximum absolute atomic E-state index is 12.0. The second kappa shape index (κ2) is 6.36. The first-order valence-electron chi connectivity index (χ1n) is 6.39. The highest BCUT2D eigenvalue weighted by atomic mass is 32.1. The van der Waals surface area contributed by atoms with Crippen molar-refractivity contribution in [3.8, 4) is 0 Å². The van der Waals surface area contributed by atoms with Crippen LogP contribution in [0, 0.1) is 5.92 Å². The van der Waals surface area contributed by atoms with E-state index in [-0.39, 0.29) is 23.4 Å². The minimum atomic E-state index is -0.338. The number of thiazole rings is 1. The van der Waals surface area contributed by atoms with Crippen molar-refractivity contribution in [2.75, 3.05) is 16.4 Å². The smallest absolute Gasteiger partial charge is 0.275 e. The fraction of sp³-hybridized carbons (Fsp3) is 0.214. The van der Waals surface area contributed by atoms with Crippen LogP contribution >= 0.6 is 11.3 Å². The van der Waals surface area contributed by atoms with Gasteiger partial charge in [-0.1, -0.05) is 19.9 Å². The molecule has 0 saturated carbocycles. The van der Waals surface area contributed by atoms with Gasteiger partial charge in [-0.15, -0.1) is 11.3 Å². The highest BCUT2D eigenvalue weighted by molar-refractivity contribution is 7.13. The standard InChI is InChI=1S/C14H16N4O2S/c1-8(2)12(19)16-9-4-3-5-10(6-9)17-13(20)11-7-21-14(15)18-11/h3-8H,1-2H3,(H2,15,18)(H,16,19)(H,17,20). The third-order valence-electron chi connectivity index (χ3n) is 2.67. The highest BCUT2D eigenvalue weighted by Crippen LogP contribution is 2.18. The van der Waals surface area contributed by atoms with Gasteiger partial charge in [0.2, 0.25) is 5.91 Å². The molecule has 0 aliphatic rings. The highest BCUT2D eigenvalue weighted by Gasteiger charge is 2.11. The zero-order chi connectivity index (χ0) is 15.4. The number of carbonyl (C=O) groups is 2. The summed E-state index contributed by atoms with van der Waals surface area (Å²) in [4.78, 5) is 27.5. The van der Waals surface area contributed by atoms with Crippen LogP contribution in [-0.4, -0.2) is 16.8 Å². The maximum Gasteiger partial charge on any atom is 0.275 e. The van der Waals surface area contributed by atoms with Crippen LogP contribution in [0.15, 0.2) is 29.6 Å². The lowest BCUT2D eigenvalue weighted by atomic mass is 10.2. The molecule has 1 aromatic heterocycles. The van der Waals surface area contributed by atoms with Crippen molar-refractivity contribution in [1.29, 1.82) is 0 Å². The Hall–Kier alpha value is -2.41. The van der Waals surface area contributed by atoms with E-state index in [1.54, 1.807) is 29.6 Å². The van der Waals surface area contributed by atoms with Gasteiger partial charge in [0.15, 0.2) is 5.13 Å². The molecule has 110 valence electrons. The Kier molecular flexibility index (Phi) is 4.54. The number of hydrogen-bond acceptors (Lipinski definition) is 5. The number of nitrogens with one attached hydrogen (secondary N) is 2. The fourth-order valence-electron chi connectivity index (χ4n) is 1.55. The fourth-order valence-corrected chi connectivity index (χ4v) is 2.09. The van der Waals surface area contributed by atoms with Gasteiger partial charge in [0.25, 0.3) is 5.91 Å². The number of aromatic nitrogens is 1. The summed E-state index contributed by atoms with van der Waals surface area (Å²) in [6.45, 7) is 3.63. The minimum absolute atomic E-state index is 0.0780. The molecule has 0 unspecified atom stereocenters. The predicted octanol–water partition coefficient (Wildman–Crippen LogP) is 2.57. The van der Waals surface area contributed by atoms with Crippen LogP contribution in [-0.2, 0) is 4.79 Å². The number of amides is 2. The topological polar surface area (TPSA) is 97.1 Å². The molecule has 0 radical (unpaired) electrons. The van der Waals surface area contributed by atoms with E-state index in [2.05, 4.69) is 15.6 Å². The van der Waals surface area contributed by atoms with Crippen molar-refractivity contribution >= 4 is 39.7 Å². The third kappa shape index (κ3) is 4.03. The Morgan fingerprint density at radius 1 is 1.24 bits per heavy atom. The van der Waals surface area contributed by atoms with Crippen LogP contribution in [0.5, 0.6) is 0 Å². The summed E-state index contributed by atoms with van der Waals surface area (Å²) in [5.74, 6) is -0.526. The van der Waals surface area contributed by atoms with Crippen LogP contribution in [0.25, 0.3) is 0 Å². The van der Waals surface area contributed by atoms with E-state index in [0.717, 1.165) is 0 Å². The van der Waals surface area contributed by atoms with Gasteiger partial charge in [-0.25, -0.2) is 4.98 Å². The number of carbonyl (C=O) groups excluding carboxylic acids is 2. The van der Waals surface area contributed by atoms with Crippen LogP contribution in [0.4, 0.5) is 16.5 Å². The number of nitrogen functional groups attached to an aromatic ring is 1. The molecule has 21 heavy (non-hydrogen) atoms. The summed E-state index contributed by atoms with van der Waals surface area (Å²) in [7, 11) is 0. The monoisotopic (exact) mass is 304 g/mol. The first-order chi connectivity index (χ1) is 9.95. The molecule has 0 atom stereocenters. The average Bonchev–Trinajstić information content (AvgIpc) is 2.86. The lowest BCUT2D eigenvalue weighted by Gasteiger charge is -2.09. The second-order valence-corrected chi connectivity index (χ2v) is 5.64.